The molecule has 0 heterocycles. The maximum absolute atomic E-state index is 13.5. The van der Waals surface area contributed by atoms with Crippen LogP contribution >= 0.6 is 12.2 Å². The molecular weight excluding hydrogens is 357 g/mol. The Labute approximate surface area is 155 Å². The third kappa shape index (κ3) is 5.52. The van der Waals surface area contributed by atoms with Crippen molar-refractivity contribution in [1.29, 1.82) is 0 Å². The number of hydrogen-bond acceptors (Lipinski definition) is 4. The molecule has 2 aromatic rings. The number of hydrogen-bond donors (Lipinski definition) is 3. The summed E-state index contributed by atoms with van der Waals surface area (Å²) >= 11 is 4.88. The van der Waals surface area contributed by atoms with E-state index in [0.29, 0.717) is 5.75 Å². The van der Waals surface area contributed by atoms with E-state index in [1.165, 1.54) is 18.2 Å². The van der Waals surface area contributed by atoms with Crippen molar-refractivity contribution in [3.05, 3.63) is 65.0 Å². The number of rotatable bonds is 4. The number of nitrogens with one attached hydrogen (secondary N) is 3. The summed E-state index contributed by atoms with van der Waals surface area (Å²) < 4.78 is 18.9. The van der Waals surface area contributed by atoms with Crippen molar-refractivity contribution in [1.82, 2.24) is 16.2 Å². The predicted molar refractivity (Wildman–Crippen MR) is 99.2 cm³/mol. The molecule has 6 nitrogen and oxygen atoms in total. The fraction of sp³-hybridized carbons (Fsp3) is 0.167. The lowest BCUT2D eigenvalue weighted by molar-refractivity contribution is -0.123. The molecule has 0 radical (unpaired) electrons. The smallest absolute Gasteiger partial charge is 0.276 e. The fourth-order valence-corrected chi connectivity index (χ4v) is 2.26. The molecule has 0 unspecified atom stereocenters. The Balaban J connectivity index is 1.77. The van der Waals surface area contributed by atoms with Crippen molar-refractivity contribution in [2.24, 2.45) is 0 Å². The largest absolute Gasteiger partial charge is 0.483 e. The van der Waals surface area contributed by atoms with Crippen molar-refractivity contribution in [2.75, 3.05) is 6.61 Å². The molecule has 26 heavy (non-hydrogen) atoms. The van der Waals surface area contributed by atoms with Gasteiger partial charge in [-0.15, -0.1) is 0 Å². The number of thiocarbonyl (C=S) groups is 1. The summed E-state index contributed by atoms with van der Waals surface area (Å²) in [6.07, 6.45) is 0. The molecule has 2 amide bonds. The van der Waals surface area contributed by atoms with E-state index in [2.05, 4.69) is 16.2 Å². The highest BCUT2D eigenvalue weighted by Gasteiger charge is 2.12. The molecule has 0 spiro atoms. The zero-order valence-electron chi connectivity index (χ0n) is 14.3. The van der Waals surface area contributed by atoms with E-state index in [-0.39, 0.29) is 17.3 Å². The Bertz CT molecular complexity index is 842. The average Bonchev–Trinajstić information content (AvgIpc) is 2.59. The summed E-state index contributed by atoms with van der Waals surface area (Å²) in [5.74, 6) is -1.28. The molecule has 0 aliphatic heterocycles. The van der Waals surface area contributed by atoms with Gasteiger partial charge in [0.15, 0.2) is 11.7 Å². The van der Waals surface area contributed by atoms with Gasteiger partial charge in [0.25, 0.3) is 11.8 Å². The van der Waals surface area contributed by atoms with Crippen LogP contribution in [0.2, 0.25) is 0 Å². The minimum atomic E-state index is -0.721. The van der Waals surface area contributed by atoms with Crippen LogP contribution in [0, 0.1) is 19.7 Å². The normalized spacial score (nSPS) is 9.96. The van der Waals surface area contributed by atoms with E-state index >= 15 is 0 Å². The first-order valence-electron chi connectivity index (χ1n) is 7.71. The first-order valence-corrected chi connectivity index (χ1v) is 8.12. The second-order valence-electron chi connectivity index (χ2n) is 5.49. The van der Waals surface area contributed by atoms with Gasteiger partial charge in [0.1, 0.15) is 11.6 Å². The van der Waals surface area contributed by atoms with E-state index in [0.717, 1.165) is 17.2 Å². The summed E-state index contributed by atoms with van der Waals surface area (Å²) in [5, 5.41) is 2.10. The second-order valence-corrected chi connectivity index (χ2v) is 5.90. The molecule has 0 aromatic heterocycles. The number of hydrazine groups is 1. The van der Waals surface area contributed by atoms with Crippen LogP contribution in [0.4, 0.5) is 4.39 Å². The molecular formula is C18H18FN3O3S. The van der Waals surface area contributed by atoms with Crippen LogP contribution in [-0.2, 0) is 4.79 Å². The van der Waals surface area contributed by atoms with Crippen molar-refractivity contribution in [3.63, 3.8) is 0 Å². The first kappa shape index (κ1) is 19.3. The molecule has 136 valence electrons. The van der Waals surface area contributed by atoms with Crippen LogP contribution in [0.5, 0.6) is 5.75 Å². The van der Waals surface area contributed by atoms with Gasteiger partial charge in [-0.3, -0.25) is 25.8 Å². The number of carbonyl (C=O) groups is 2. The second kappa shape index (κ2) is 8.91. The van der Waals surface area contributed by atoms with Gasteiger partial charge in [-0.25, -0.2) is 4.39 Å². The standard InChI is InChI=1S/C18H18FN3O3S/c1-11-7-8-15(12(2)9-11)25-10-16(23)21-22-18(26)20-17(24)13-5-3-4-6-14(13)19/h3-9H,10H2,1-2H3,(H,21,23)(H2,20,22,24,26). The summed E-state index contributed by atoms with van der Waals surface area (Å²) in [7, 11) is 0. The first-order chi connectivity index (χ1) is 12.4. The zero-order chi connectivity index (χ0) is 19.1. The van der Waals surface area contributed by atoms with E-state index in [9.17, 15) is 14.0 Å². The molecule has 2 aromatic carbocycles. The third-order valence-electron chi connectivity index (χ3n) is 3.35. The van der Waals surface area contributed by atoms with Crippen molar-refractivity contribution >= 4 is 29.1 Å². The van der Waals surface area contributed by atoms with Crippen molar-refractivity contribution in [2.45, 2.75) is 13.8 Å². The minimum absolute atomic E-state index is 0.152. The Kier molecular flexibility index (Phi) is 6.62. The van der Waals surface area contributed by atoms with Gasteiger partial charge < -0.3 is 4.74 Å². The Morgan fingerprint density at radius 3 is 2.54 bits per heavy atom. The molecule has 0 fully saturated rings. The average molecular weight is 375 g/mol. The van der Waals surface area contributed by atoms with Crippen LogP contribution in [-0.4, -0.2) is 23.5 Å². The van der Waals surface area contributed by atoms with Gasteiger partial charge in [-0.05, 0) is 49.8 Å². The monoisotopic (exact) mass is 375 g/mol. The van der Waals surface area contributed by atoms with E-state index < -0.39 is 17.6 Å². The summed E-state index contributed by atoms with van der Waals surface area (Å²) in [6, 6.07) is 11.1. The van der Waals surface area contributed by atoms with Gasteiger partial charge >= 0.3 is 0 Å². The topological polar surface area (TPSA) is 79.5 Å². The van der Waals surface area contributed by atoms with E-state index in [4.69, 9.17) is 17.0 Å². The van der Waals surface area contributed by atoms with Gasteiger partial charge in [-0.1, -0.05) is 29.8 Å². The molecule has 0 saturated heterocycles. The number of amides is 2. The van der Waals surface area contributed by atoms with E-state index in [1.807, 2.05) is 26.0 Å². The number of ether oxygens (including phenoxy) is 1. The maximum Gasteiger partial charge on any atom is 0.276 e. The number of benzene rings is 2. The molecule has 0 atom stereocenters. The van der Waals surface area contributed by atoms with Crippen LogP contribution in [0.3, 0.4) is 0 Å². The third-order valence-corrected chi connectivity index (χ3v) is 3.55. The van der Waals surface area contributed by atoms with Gasteiger partial charge in [0.2, 0.25) is 0 Å². The van der Waals surface area contributed by atoms with Crippen LogP contribution in [0.15, 0.2) is 42.5 Å². The lowest BCUT2D eigenvalue weighted by Crippen LogP contribution is -2.49. The Morgan fingerprint density at radius 2 is 1.85 bits per heavy atom. The minimum Gasteiger partial charge on any atom is -0.483 e. The van der Waals surface area contributed by atoms with Gasteiger partial charge in [0, 0.05) is 0 Å². The lowest BCUT2D eigenvalue weighted by Gasteiger charge is -2.12. The van der Waals surface area contributed by atoms with Crippen molar-refractivity contribution in [3.8, 4) is 5.75 Å². The van der Waals surface area contributed by atoms with Gasteiger partial charge in [-0.2, -0.15) is 0 Å². The zero-order valence-corrected chi connectivity index (χ0v) is 15.1. The maximum atomic E-state index is 13.5. The number of carbonyl (C=O) groups excluding carboxylic acids is 2. The molecule has 2 rings (SSSR count). The highest BCUT2D eigenvalue weighted by Crippen LogP contribution is 2.18. The quantitative estimate of drug-likeness (QED) is 0.564. The fourth-order valence-electron chi connectivity index (χ4n) is 2.11. The highest BCUT2D eigenvalue weighted by molar-refractivity contribution is 7.80. The van der Waals surface area contributed by atoms with Gasteiger partial charge in [0.05, 0.1) is 5.56 Å². The number of aryl methyl sites for hydroxylation is 2. The van der Waals surface area contributed by atoms with Crippen LogP contribution in [0.1, 0.15) is 21.5 Å². The van der Waals surface area contributed by atoms with Crippen LogP contribution < -0.4 is 20.9 Å². The molecule has 0 aliphatic carbocycles. The molecule has 0 bridgehead atoms. The lowest BCUT2D eigenvalue weighted by atomic mass is 10.1. The Hall–Kier alpha value is -3.00. The summed E-state index contributed by atoms with van der Waals surface area (Å²) in [5.41, 5.74) is 6.51. The SMILES string of the molecule is Cc1ccc(OCC(=O)NNC(=S)NC(=O)c2ccccc2F)c(C)c1. The van der Waals surface area contributed by atoms with Crippen molar-refractivity contribution < 1.29 is 18.7 Å². The van der Waals surface area contributed by atoms with E-state index in [1.54, 1.807) is 6.07 Å². The molecule has 8 heteroatoms. The Morgan fingerprint density at radius 1 is 1.12 bits per heavy atom. The predicted octanol–water partition coefficient (Wildman–Crippen LogP) is 2.16. The summed E-state index contributed by atoms with van der Waals surface area (Å²) in [4.78, 5) is 23.7. The highest BCUT2D eigenvalue weighted by atomic mass is 32.1. The molecule has 0 saturated carbocycles. The molecule has 3 N–H and O–H groups in total. The van der Waals surface area contributed by atoms with Crippen LogP contribution in [0.25, 0.3) is 0 Å². The summed E-state index contributed by atoms with van der Waals surface area (Å²) in [6.45, 7) is 3.61. The number of halogens is 1. The molecule has 0 aliphatic rings.